The van der Waals surface area contributed by atoms with Gasteiger partial charge in [0.25, 0.3) is 0 Å². The maximum absolute atomic E-state index is 13.6. The zero-order valence-corrected chi connectivity index (χ0v) is 15.1. The monoisotopic (exact) mass is 368 g/mol. The summed E-state index contributed by atoms with van der Waals surface area (Å²) in [7, 11) is 1.78. The number of carbonyl (C=O) groups is 1. The molecular weight excluding hydrogens is 346 g/mol. The van der Waals surface area contributed by atoms with E-state index in [0.29, 0.717) is 18.5 Å². The summed E-state index contributed by atoms with van der Waals surface area (Å²) in [5.41, 5.74) is 1.40. The lowest BCUT2D eigenvalue weighted by molar-refractivity contribution is -0.125. The first-order valence-corrected chi connectivity index (χ1v) is 7.94. The summed E-state index contributed by atoms with van der Waals surface area (Å²) < 4.78 is 27.0. The highest BCUT2D eigenvalue weighted by Crippen LogP contribution is 2.20. The predicted octanol–water partition coefficient (Wildman–Crippen LogP) is 3.64. The highest BCUT2D eigenvalue weighted by molar-refractivity contribution is 5.85. The summed E-state index contributed by atoms with van der Waals surface area (Å²) >= 11 is 0. The third kappa shape index (κ3) is 6.44. The first kappa shape index (κ1) is 21.1. The van der Waals surface area contributed by atoms with E-state index in [2.05, 4.69) is 10.6 Å². The maximum atomic E-state index is 13.6. The molecule has 3 nitrogen and oxygen atoms in total. The third-order valence-corrected chi connectivity index (χ3v) is 3.85. The van der Waals surface area contributed by atoms with Gasteiger partial charge in [-0.05, 0) is 48.9 Å². The predicted molar refractivity (Wildman–Crippen MR) is 97.7 cm³/mol. The molecule has 2 N–H and O–H groups in total. The first-order valence-electron chi connectivity index (χ1n) is 7.94. The van der Waals surface area contributed by atoms with E-state index >= 15 is 0 Å². The van der Waals surface area contributed by atoms with Gasteiger partial charge in [0, 0.05) is 12.5 Å². The van der Waals surface area contributed by atoms with Gasteiger partial charge < -0.3 is 10.6 Å². The molecule has 0 bridgehead atoms. The fourth-order valence-electron chi connectivity index (χ4n) is 2.59. The molecule has 0 spiro atoms. The van der Waals surface area contributed by atoms with Crippen LogP contribution in [0.1, 0.15) is 24.1 Å². The minimum Gasteiger partial charge on any atom is -0.349 e. The molecule has 0 radical (unpaired) electrons. The van der Waals surface area contributed by atoms with Gasteiger partial charge in [0.05, 0.1) is 6.04 Å². The smallest absolute Gasteiger partial charge is 0.224 e. The normalized spacial score (nSPS) is 12.8. The van der Waals surface area contributed by atoms with Crippen molar-refractivity contribution in [1.29, 1.82) is 0 Å². The highest BCUT2D eigenvalue weighted by Gasteiger charge is 2.19. The molecule has 25 heavy (non-hydrogen) atoms. The van der Waals surface area contributed by atoms with Gasteiger partial charge in [-0.25, -0.2) is 8.78 Å². The Bertz CT molecular complexity index is 697. The van der Waals surface area contributed by atoms with Crippen LogP contribution in [0.15, 0.2) is 48.5 Å². The van der Waals surface area contributed by atoms with E-state index in [0.717, 1.165) is 5.56 Å². The average molecular weight is 369 g/mol. The quantitative estimate of drug-likeness (QED) is 0.783. The van der Waals surface area contributed by atoms with Gasteiger partial charge in [-0.3, -0.25) is 4.79 Å². The summed E-state index contributed by atoms with van der Waals surface area (Å²) in [4.78, 5) is 12.3. The standard InChI is InChI=1S/C19H22F2N2O.ClH/c1-13(12-22-2)19(24)23-18(15-6-4-8-17(21)11-15)10-14-5-3-7-16(20)9-14;/h3-9,11,13,18,22H,10,12H2,1-2H3,(H,23,24);1H. The molecule has 2 unspecified atom stereocenters. The Hall–Kier alpha value is -1.98. The number of benzene rings is 2. The van der Waals surface area contributed by atoms with E-state index < -0.39 is 6.04 Å². The molecule has 0 aromatic heterocycles. The lowest BCUT2D eigenvalue weighted by Crippen LogP contribution is -2.37. The van der Waals surface area contributed by atoms with E-state index in [-0.39, 0.29) is 35.9 Å². The number of amides is 1. The average Bonchev–Trinajstić information content (AvgIpc) is 2.54. The van der Waals surface area contributed by atoms with Crippen LogP contribution in [0.3, 0.4) is 0 Å². The van der Waals surface area contributed by atoms with E-state index in [9.17, 15) is 13.6 Å². The zero-order chi connectivity index (χ0) is 17.5. The Balaban J connectivity index is 0.00000312. The van der Waals surface area contributed by atoms with Crippen molar-refractivity contribution in [2.24, 2.45) is 5.92 Å². The van der Waals surface area contributed by atoms with Crippen molar-refractivity contribution in [2.75, 3.05) is 13.6 Å². The van der Waals surface area contributed by atoms with Crippen molar-refractivity contribution in [3.8, 4) is 0 Å². The van der Waals surface area contributed by atoms with Crippen molar-refractivity contribution in [3.05, 3.63) is 71.3 Å². The van der Waals surface area contributed by atoms with E-state index in [1.807, 2.05) is 6.92 Å². The molecule has 2 aromatic carbocycles. The van der Waals surface area contributed by atoms with Crippen LogP contribution in [0, 0.1) is 17.6 Å². The van der Waals surface area contributed by atoms with Gasteiger partial charge in [0.15, 0.2) is 0 Å². The Morgan fingerprint density at radius 1 is 1.08 bits per heavy atom. The second-order valence-corrected chi connectivity index (χ2v) is 5.91. The maximum Gasteiger partial charge on any atom is 0.224 e. The molecule has 0 aliphatic carbocycles. The lowest BCUT2D eigenvalue weighted by Gasteiger charge is -2.22. The summed E-state index contributed by atoms with van der Waals surface area (Å²) in [6.07, 6.45) is 0.388. The minimum atomic E-state index is -0.422. The zero-order valence-electron chi connectivity index (χ0n) is 14.3. The molecular formula is C19H23ClF2N2O. The van der Waals surface area contributed by atoms with Crippen molar-refractivity contribution >= 4 is 18.3 Å². The Morgan fingerprint density at radius 3 is 2.32 bits per heavy atom. The van der Waals surface area contributed by atoms with Crippen molar-refractivity contribution in [1.82, 2.24) is 10.6 Å². The van der Waals surface area contributed by atoms with Gasteiger partial charge in [-0.15, -0.1) is 12.4 Å². The van der Waals surface area contributed by atoms with Crippen LogP contribution in [-0.4, -0.2) is 19.5 Å². The highest BCUT2D eigenvalue weighted by atomic mass is 35.5. The fourth-order valence-corrected chi connectivity index (χ4v) is 2.59. The fraction of sp³-hybridized carbons (Fsp3) is 0.316. The summed E-state index contributed by atoms with van der Waals surface area (Å²) in [6, 6.07) is 11.9. The van der Waals surface area contributed by atoms with E-state index in [1.54, 1.807) is 31.3 Å². The van der Waals surface area contributed by atoms with Crippen LogP contribution < -0.4 is 10.6 Å². The number of nitrogens with one attached hydrogen (secondary N) is 2. The van der Waals surface area contributed by atoms with Crippen LogP contribution in [0.4, 0.5) is 8.78 Å². The minimum absolute atomic E-state index is 0. The Labute approximate surface area is 153 Å². The van der Waals surface area contributed by atoms with Gasteiger partial charge in [0.2, 0.25) is 5.91 Å². The van der Waals surface area contributed by atoms with Gasteiger partial charge >= 0.3 is 0 Å². The number of hydrogen-bond acceptors (Lipinski definition) is 2. The second kappa shape index (κ2) is 10.1. The van der Waals surface area contributed by atoms with E-state index in [1.165, 1.54) is 24.3 Å². The molecule has 2 atom stereocenters. The van der Waals surface area contributed by atoms with Crippen molar-refractivity contribution in [3.63, 3.8) is 0 Å². The summed E-state index contributed by atoms with van der Waals surface area (Å²) in [5, 5.41) is 5.90. The topological polar surface area (TPSA) is 41.1 Å². The largest absolute Gasteiger partial charge is 0.349 e. The lowest BCUT2D eigenvalue weighted by atomic mass is 9.97. The third-order valence-electron chi connectivity index (χ3n) is 3.85. The molecule has 6 heteroatoms. The van der Waals surface area contributed by atoms with Crippen LogP contribution in [0.2, 0.25) is 0 Å². The molecule has 0 fully saturated rings. The first-order chi connectivity index (χ1) is 11.5. The molecule has 2 aromatic rings. The number of carbonyl (C=O) groups excluding carboxylic acids is 1. The molecule has 0 heterocycles. The van der Waals surface area contributed by atoms with Crippen molar-refractivity contribution < 1.29 is 13.6 Å². The van der Waals surface area contributed by atoms with Crippen LogP contribution >= 0.6 is 12.4 Å². The molecule has 136 valence electrons. The molecule has 2 rings (SSSR count). The summed E-state index contributed by atoms with van der Waals surface area (Å²) in [5.74, 6) is -1.05. The van der Waals surface area contributed by atoms with Crippen LogP contribution in [0.5, 0.6) is 0 Å². The molecule has 1 amide bonds. The Kier molecular flexibility index (Phi) is 8.52. The van der Waals surface area contributed by atoms with Gasteiger partial charge in [-0.1, -0.05) is 31.2 Å². The van der Waals surface area contributed by atoms with E-state index in [4.69, 9.17) is 0 Å². The number of hydrogen-bond donors (Lipinski definition) is 2. The molecule has 0 aliphatic heterocycles. The van der Waals surface area contributed by atoms with Crippen LogP contribution in [-0.2, 0) is 11.2 Å². The molecule has 0 saturated carbocycles. The number of halogens is 3. The van der Waals surface area contributed by atoms with Gasteiger partial charge in [-0.2, -0.15) is 0 Å². The second-order valence-electron chi connectivity index (χ2n) is 5.91. The molecule has 0 saturated heterocycles. The molecule has 0 aliphatic rings. The SMILES string of the molecule is CNCC(C)C(=O)NC(Cc1cccc(F)c1)c1cccc(F)c1.Cl. The van der Waals surface area contributed by atoms with Crippen LogP contribution in [0.25, 0.3) is 0 Å². The summed E-state index contributed by atoms with van der Waals surface area (Å²) in [6.45, 7) is 2.36. The van der Waals surface area contributed by atoms with Crippen molar-refractivity contribution in [2.45, 2.75) is 19.4 Å². The van der Waals surface area contributed by atoms with Gasteiger partial charge in [0.1, 0.15) is 11.6 Å². The number of rotatable bonds is 7. The Morgan fingerprint density at radius 2 is 1.72 bits per heavy atom.